The molecule has 6 heteroatoms. The van der Waals surface area contributed by atoms with Crippen LogP contribution in [0.4, 0.5) is 5.13 Å². The number of carbonyl (C=O) groups is 1. The van der Waals surface area contributed by atoms with Crippen molar-refractivity contribution >= 4 is 32.6 Å². The first-order chi connectivity index (χ1) is 15.4. The highest BCUT2D eigenvalue weighted by atomic mass is 32.1. The van der Waals surface area contributed by atoms with Crippen LogP contribution in [0.15, 0.2) is 30.3 Å². The fraction of sp³-hybridized carbons (Fsp3) is 0.462. The van der Waals surface area contributed by atoms with E-state index in [2.05, 4.69) is 62.9 Å². The summed E-state index contributed by atoms with van der Waals surface area (Å²) in [7, 11) is 0. The molecule has 3 aromatic rings. The van der Waals surface area contributed by atoms with Crippen molar-refractivity contribution in [1.29, 1.82) is 0 Å². The third-order valence-electron chi connectivity index (χ3n) is 6.26. The van der Waals surface area contributed by atoms with Crippen molar-refractivity contribution in [3.63, 3.8) is 0 Å². The van der Waals surface area contributed by atoms with Crippen LogP contribution in [0, 0.1) is 27.7 Å². The second kappa shape index (κ2) is 10.1. The van der Waals surface area contributed by atoms with Gasteiger partial charge in [-0.3, -0.25) is 14.6 Å². The van der Waals surface area contributed by atoms with E-state index in [0.717, 1.165) is 61.0 Å². The van der Waals surface area contributed by atoms with Gasteiger partial charge in [-0.1, -0.05) is 47.2 Å². The lowest BCUT2D eigenvalue weighted by atomic mass is 10.0. The van der Waals surface area contributed by atoms with Crippen molar-refractivity contribution in [2.45, 2.75) is 40.5 Å². The zero-order valence-electron chi connectivity index (χ0n) is 19.6. The van der Waals surface area contributed by atoms with Gasteiger partial charge >= 0.3 is 0 Å². The standard InChI is InChI=1S/C26H33N3O2S/c1-18-6-9-22(21(4)16-18)17-23(30)29(11-5-10-28-12-14-31-15-13-28)26-27-24-19(2)7-8-20(3)25(24)32-26/h6-9,16H,5,10-15,17H2,1-4H3. The Bertz CT molecular complexity index is 1060. The molecule has 0 unspecified atom stereocenters. The van der Waals surface area contributed by atoms with Gasteiger partial charge in [-0.15, -0.1) is 0 Å². The van der Waals surface area contributed by atoms with Crippen molar-refractivity contribution in [3.05, 3.63) is 58.1 Å². The fourth-order valence-electron chi connectivity index (χ4n) is 4.27. The molecule has 0 N–H and O–H groups in total. The Labute approximate surface area is 195 Å². The van der Waals surface area contributed by atoms with Crippen molar-refractivity contribution in [2.24, 2.45) is 0 Å². The number of anilines is 1. The Kier molecular flexibility index (Phi) is 7.23. The van der Waals surface area contributed by atoms with Crippen molar-refractivity contribution in [2.75, 3.05) is 44.3 Å². The molecule has 1 saturated heterocycles. The number of aryl methyl sites for hydroxylation is 4. The Balaban J connectivity index is 1.57. The molecule has 0 saturated carbocycles. The molecule has 0 aliphatic carbocycles. The number of hydrogen-bond acceptors (Lipinski definition) is 5. The van der Waals surface area contributed by atoms with E-state index in [1.165, 1.54) is 21.4 Å². The Morgan fingerprint density at radius 3 is 2.53 bits per heavy atom. The van der Waals surface area contributed by atoms with Gasteiger partial charge in [0, 0.05) is 26.2 Å². The van der Waals surface area contributed by atoms with E-state index in [0.29, 0.717) is 13.0 Å². The monoisotopic (exact) mass is 451 g/mol. The van der Waals surface area contributed by atoms with Crippen LogP contribution in [0.5, 0.6) is 0 Å². The zero-order valence-corrected chi connectivity index (χ0v) is 20.4. The number of hydrogen-bond donors (Lipinski definition) is 0. The van der Waals surface area contributed by atoms with Crippen LogP contribution in [-0.4, -0.2) is 55.2 Å². The van der Waals surface area contributed by atoms with E-state index >= 15 is 0 Å². The maximum atomic E-state index is 13.5. The van der Waals surface area contributed by atoms with Crippen LogP contribution in [-0.2, 0) is 16.0 Å². The summed E-state index contributed by atoms with van der Waals surface area (Å²) in [5.41, 5.74) is 6.86. The van der Waals surface area contributed by atoms with E-state index in [1.54, 1.807) is 11.3 Å². The van der Waals surface area contributed by atoms with Crippen LogP contribution in [0.25, 0.3) is 10.2 Å². The number of thiazole rings is 1. The molecule has 1 aliphatic rings. The lowest BCUT2D eigenvalue weighted by Gasteiger charge is -2.27. The van der Waals surface area contributed by atoms with Crippen LogP contribution in [0.3, 0.4) is 0 Å². The average Bonchev–Trinajstić information content (AvgIpc) is 3.23. The van der Waals surface area contributed by atoms with Crippen molar-refractivity contribution in [1.82, 2.24) is 9.88 Å². The first-order valence-corrected chi connectivity index (χ1v) is 12.3. The molecule has 170 valence electrons. The maximum Gasteiger partial charge on any atom is 0.233 e. The molecule has 1 aromatic heterocycles. The summed E-state index contributed by atoms with van der Waals surface area (Å²) in [5.74, 6) is 0.119. The van der Waals surface area contributed by atoms with Gasteiger partial charge in [-0.2, -0.15) is 0 Å². The third kappa shape index (κ3) is 5.20. The van der Waals surface area contributed by atoms with E-state index in [1.807, 2.05) is 4.90 Å². The predicted molar refractivity (Wildman–Crippen MR) is 133 cm³/mol. The summed E-state index contributed by atoms with van der Waals surface area (Å²) >= 11 is 1.64. The molecule has 0 atom stereocenters. The molecule has 32 heavy (non-hydrogen) atoms. The highest BCUT2D eigenvalue weighted by Crippen LogP contribution is 2.33. The zero-order chi connectivity index (χ0) is 22.7. The topological polar surface area (TPSA) is 45.7 Å². The first kappa shape index (κ1) is 22.9. The molecule has 4 rings (SSSR count). The maximum absolute atomic E-state index is 13.5. The van der Waals surface area contributed by atoms with Gasteiger partial charge in [0.2, 0.25) is 5.91 Å². The molecule has 2 aromatic carbocycles. The van der Waals surface area contributed by atoms with E-state index in [4.69, 9.17) is 9.72 Å². The summed E-state index contributed by atoms with van der Waals surface area (Å²) in [6, 6.07) is 10.6. The molecule has 1 aliphatic heterocycles. The minimum Gasteiger partial charge on any atom is -0.379 e. The highest BCUT2D eigenvalue weighted by Gasteiger charge is 2.22. The number of amides is 1. The SMILES string of the molecule is Cc1ccc(CC(=O)N(CCCN2CCOCC2)c2nc3c(C)ccc(C)c3s2)c(C)c1. The van der Waals surface area contributed by atoms with Gasteiger partial charge in [-0.25, -0.2) is 4.98 Å². The molecule has 0 radical (unpaired) electrons. The predicted octanol–water partition coefficient (Wildman–Crippen LogP) is 4.83. The Morgan fingerprint density at radius 2 is 1.81 bits per heavy atom. The lowest BCUT2D eigenvalue weighted by molar-refractivity contribution is -0.118. The summed E-state index contributed by atoms with van der Waals surface area (Å²) in [4.78, 5) is 22.8. The molecule has 2 heterocycles. The molecule has 0 spiro atoms. The average molecular weight is 452 g/mol. The minimum atomic E-state index is 0.119. The van der Waals surface area contributed by atoms with Gasteiger partial charge in [-0.05, 0) is 56.4 Å². The molecule has 1 fully saturated rings. The van der Waals surface area contributed by atoms with Gasteiger partial charge < -0.3 is 4.74 Å². The van der Waals surface area contributed by atoms with Crippen LogP contribution in [0.1, 0.15) is 34.2 Å². The Hall–Kier alpha value is -2.28. The molecule has 1 amide bonds. The smallest absolute Gasteiger partial charge is 0.233 e. The lowest BCUT2D eigenvalue weighted by Crippen LogP contribution is -2.39. The molecular formula is C26H33N3O2S. The largest absolute Gasteiger partial charge is 0.379 e. The number of carbonyl (C=O) groups excluding carboxylic acids is 1. The fourth-order valence-corrected chi connectivity index (χ4v) is 5.43. The third-order valence-corrected chi connectivity index (χ3v) is 7.48. The van der Waals surface area contributed by atoms with E-state index < -0.39 is 0 Å². The second-order valence-corrected chi connectivity index (χ2v) is 9.81. The van der Waals surface area contributed by atoms with Gasteiger partial charge in [0.15, 0.2) is 5.13 Å². The highest BCUT2D eigenvalue weighted by molar-refractivity contribution is 7.22. The van der Waals surface area contributed by atoms with Crippen LogP contribution >= 0.6 is 11.3 Å². The quantitative estimate of drug-likeness (QED) is 0.516. The number of fused-ring (bicyclic) bond motifs is 1. The number of nitrogens with zero attached hydrogens (tertiary/aromatic N) is 3. The number of aromatic nitrogens is 1. The van der Waals surface area contributed by atoms with Crippen LogP contribution in [0.2, 0.25) is 0 Å². The second-order valence-electron chi connectivity index (χ2n) is 8.83. The summed E-state index contributed by atoms with van der Waals surface area (Å²) < 4.78 is 6.64. The summed E-state index contributed by atoms with van der Waals surface area (Å²) in [6.45, 7) is 13.6. The van der Waals surface area contributed by atoms with Gasteiger partial charge in [0.05, 0.1) is 29.9 Å². The normalized spacial score (nSPS) is 14.8. The van der Waals surface area contributed by atoms with E-state index in [-0.39, 0.29) is 5.91 Å². The van der Waals surface area contributed by atoms with Crippen molar-refractivity contribution < 1.29 is 9.53 Å². The van der Waals surface area contributed by atoms with Gasteiger partial charge in [0.1, 0.15) is 0 Å². The van der Waals surface area contributed by atoms with Crippen LogP contribution < -0.4 is 4.90 Å². The molecular weight excluding hydrogens is 418 g/mol. The number of ether oxygens (including phenoxy) is 1. The minimum absolute atomic E-state index is 0.119. The summed E-state index contributed by atoms with van der Waals surface area (Å²) in [5, 5.41) is 0.814. The number of morpholine rings is 1. The molecule has 0 bridgehead atoms. The Morgan fingerprint density at radius 1 is 1.06 bits per heavy atom. The first-order valence-electron chi connectivity index (χ1n) is 11.5. The summed E-state index contributed by atoms with van der Waals surface area (Å²) in [6.07, 6.45) is 1.32. The van der Waals surface area contributed by atoms with Gasteiger partial charge in [0.25, 0.3) is 0 Å². The number of benzene rings is 2. The number of rotatable bonds is 7. The molecule has 5 nitrogen and oxygen atoms in total. The van der Waals surface area contributed by atoms with E-state index in [9.17, 15) is 4.79 Å². The van der Waals surface area contributed by atoms with Crippen molar-refractivity contribution in [3.8, 4) is 0 Å².